The molecule has 1 heterocycles. The highest BCUT2D eigenvalue weighted by Gasteiger charge is 2.27. The lowest BCUT2D eigenvalue weighted by Gasteiger charge is -2.26. The van der Waals surface area contributed by atoms with Gasteiger partial charge in [0.05, 0.1) is 36.2 Å². The minimum Gasteiger partial charge on any atom is -0.496 e. The number of hydrogen-bond acceptors (Lipinski definition) is 7. The van der Waals surface area contributed by atoms with E-state index in [0.717, 1.165) is 11.8 Å². The van der Waals surface area contributed by atoms with Gasteiger partial charge in [-0.1, -0.05) is 19.1 Å². The van der Waals surface area contributed by atoms with Gasteiger partial charge in [0.2, 0.25) is 15.9 Å². The average molecular weight is 525 g/mol. The van der Waals surface area contributed by atoms with Crippen LogP contribution >= 0.6 is 0 Å². The summed E-state index contributed by atoms with van der Waals surface area (Å²) in [4.78, 5) is 13.1. The summed E-state index contributed by atoms with van der Waals surface area (Å²) < 4.78 is 61.4. The lowest BCUT2D eigenvalue weighted by molar-refractivity contribution is -0.121. The van der Waals surface area contributed by atoms with Gasteiger partial charge in [0.25, 0.3) is 0 Å². The van der Waals surface area contributed by atoms with Gasteiger partial charge in [0, 0.05) is 25.8 Å². The molecule has 2 aromatic carbocycles. The Balaban J connectivity index is 1.69. The van der Waals surface area contributed by atoms with Crippen LogP contribution < -0.4 is 10.1 Å². The Morgan fingerprint density at radius 2 is 1.69 bits per heavy atom. The van der Waals surface area contributed by atoms with Gasteiger partial charge in [-0.05, 0) is 54.3 Å². The number of morpholine rings is 1. The first-order chi connectivity index (χ1) is 16.6. The molecule has 1 atom stereocenters. The van der Waals surface area contributed by atoms with Crippen molar-refractivity contribution in [1.82, 2.24) is 9.62 Å². The van der Waals surface area contributed by atoms with Crippen molar-refractivity contribution in [3.63, 3.8) is 0 Å². The van der Waals surface area contributed by atoms with Crippen LogP contribution in [0.2, 0.25) is 0 Å². The van der Waals surface area contributed by atoms with Crippen LogP contribution in [0.1, 0.15) is 36.9 Å². The van der Waals surface area contributed by atoms with Gasteiger partial charge in [-0.3, -0.25) is 4.79 Å². The van der Waals surface area contributed by atoms with E-state index in [2.05, 4.69) is 5.32 Å². The van der Waals surface area contributed by atoms with Crippen molar-refractivity contribution in [1.29, 1.82) is 0 Å². The molecule has 1 aliphatic rings. The van der Waals surface area contributed by atoms with Crippen molar-refractivity contribution in [3.05, 3.63) is 53.6 Å². The zero-order chi connectivity index (χ0) is 25.6. The third-order valence-corrected chi connectivity index (χ3v) is 8.96. The standard InChI is InChI=1S/C24H32N2O7S2/c1-4-22(18-5-8-20(9-6-18)34(3,28)29)25-24(27)12-7-19-17-21(10-11-23(19)32-2)35(30,31)26-13-15-33-16-14-26/h5-6,8-11,17,22H,4,7,12-16H2,1-3H3,(H,25,27). The summed E-state index contributed by atoms with van der Waals surface area (Å²) in [5, 5.41) is 2.98. The van der Waals surface area contributed by atoms with Gasteiger partial charge < -0.3 is 14.8 Å². The minimum absolute atomic E-state index is 0.134. The Bertz CT molecular complexity index is 1240. The number of carbonyl (C=O) groups excluding carboxylic acids is 1. The Labute approximate surface area is 207 Å². The molecule has 0 saturated carbocycles. The minimum atomic E-state index is -3.67. The summed E-state index contributed by atoms with van der Waals surface area (Å²) in [5.74, 6) is 0.315. The Morgan fingerprint density at radius 1 is 1.06 bits per heavy atom. The predicted octanol–water partition coefficient (Wildman–Crippen LogP) is 2.32. The molecule has 0 bridgehead atoms. The van der Waals surface area contributed by atoms with Crippen LogP contribution in [0.3, 0.4) is 0 Å². The largest absolute Gasteiger partial charge is 0.496 e. The van der Waals surface area contributed by atoms with Crippen LogP contribution in [0.5, 0.6) is 5.75 Å². The number of aryl methyl sites for hydroxylation is 1. The highest BCUT2D eigenvalue weighted by atomic mass is 32.2. The summed E-state index contributed by atoms with van der Waals surface area (Å²) >= 11 is 0. The van der Waals surface area contributed by atoms with Crippen LogP contribution in [0.25, 0.3) is 0 Å². The molecule has 1 unspecified atom stereocenters. The number of methoxy groups -OCH3 is 1. The van der Waals surface area contributed by atoms with Crippen molar-refractivity contribution >= 4 is 25.8 Å². The van der Waals surface area contributed by atoms with Crippen LogP contribution in [0.15, 0.2) is 52.3 Å². The molecule has 2 aromatic rings. The van der Waals surface area contributed by atoms with Gasteiger partial charge in [-0.25, -0.2) is 16.8 Å². The first kappa shape index (κ1) is 27.1. The molecule has 0 aromatic heterocycles. The number of benzene rings is 2. The van der Waals surface area contributed by atoms with Gasteiger partial charge in [-0.2, -0.15) is 4.31 Å². The number of nitrogens with zero attached hydrogens (tertiary/aromatic N) is 1. The summed E-state index contributed by atoms with van der Waals surface area (Å²) in [6, 6.07) is 10.9. The van der Waals surface area contributed by atoms with Crippen molar-refractivity contribution in [2.24, 2.45) is 0 Å². The smallest absolute Gasteiger partial charge is 0.243 e. The van der Waals surface area contributed by atoms with Crippen LogP contribution in [0, 0.1) is 0 Å². The average Bonchev–Trinajstić information content (AvgIpc) is 2.86. The van der Waals surface area contributed by atoms with Crippen molar-refractivity contribution in [2.45, 2.75) is 42.0 Å². The molecule has 3 rings (SSSR count). The summed E-state index contributed by atoms with van der Waals surface area (Å²) in [6.07, 6.45) is 2.21. The van der Waals surface area contributed by atoms with Gasteiger partial charge in [0.15, 0.2) is 9.84 Å². The first-order valence-electron chi connectivity index (χ1n) is 11.4. The normalized spacial score (nSPS) is 16.0. The number of hydrogen-bond donors (Lipinski definition) is 1. The molecule has 1 amide bonds. The van der Waals surface area contributed by atoms with E-state index in [-0.39, 0.29) is 28.2 Å². The van der Waals surface area contributed by atoms with Gasteiger partial charge in [0.1, 0.15) is 5.75 Å². The fourth-order valence-corrected chi connectivity index (χ4v) is 6.02. The quantitative estimate of drug-likeness (QED) is 0.507. The highest BCUT2D eigenvalue weighted by molar-refractivity contribution is 7.90. The van der Waals surface area contributed by atoms with Crippen LogP contribution in [0.4, 0.5) is 0 Å². The molecule has 0 aliphatic carbocycles. The maximum absolute atomic E-state index is 13.0. The third-order valence-electron chi connectivity index (χ3n) is 5.94. The van der Waals surface area contributed by atoms with E-state index in [9.17, 15) is 21.6 Å². The van der Waals surface area contributed by atoms with E-state index in [0.29, 0.717) is 50.5 Å². The van der Waals surface area contributed by atoms with E-state index in [1.54, 1.807) is 24.3 Å². The van der Waals surface area contributed by atoms with Gasteiger partial charge in [-0.15, -0.1) is 0 Å². The van der Waals surface area contributed by atoms with Gasteiger partial charge >= 0.3 is 0 Å². The van der Waals surface area contributed by atoms with Crippen molar-refractivity contribution in [2.75, 3.05) is 39.7 Å². The molecule has 192 valence electrons. The monoisotopic (exact) mass is 524 g/mol. The Hall–Kier alpha value is -2.47. The molecule has 1 saturated heterocycles. The second-order valence-corrected chi connectivity index (χ2v) is 12.3. The maximum atomic E-state index is 13.0. The zero-order valence-corrected chi connectivity index (χ0v) is 21.8. The molecular weight excluding hydrogens is 492 g/mol. The number of amides is 1. The third kappa shape index (κ3) is 6.81. The highest BCUT2D eigenvalue weighted by Crippen LogP contribution is 2.26. The summed E-state index contributed by atoms with van der Waals surface area (Å²) in [6.45, 7) is 3.25. The fraction of sp³-hybridized carbons (Fsp3) is 0.458. The van der Waals surface area contributed by atoms with Crippen LogP contribution in [-0.4, -0.2) is 66.7 Å². The van der Waals surface area contributed by atoms with E-state index >= 15 is 0 Å². The number of sulfonamides is 1. The molecule has 35 heavy (non-hydrogen) atoms. The molecule has 1 N–H and O–H groups in total. The molecule has 1 fully saturated rings. The predicted molar refractivity (Wildman–Crippen MR) is 132 cm³/mol. The summed E-state index contributed by atoms with van der Waals surface area (Å²) in [5.41, 5.74) is 1.44. The van der Waals surface area contributed by atoms with E-state index in [1.807, 2.05) is 6.92 Å². The van der Waals surface area contributed by atoms with E-state index in [1.165, 1.54) is 29.6 Å². The summed E-state index contributed by atoms with van der Waals surface area (Å²) in [7, 11) is -5.46. The maximum Gasteiger partial charge on any atom is 0.243 e. The molecule has 9 nitrogen and oxygen atoms in total. The number of rotatable bonds is 10. The first-order valence-corrected chi connectivity index (χ1v) is 14.7. The topological polar surface area (TPSA) is 119 Å². The zero-order valence-electron chi connectivity index (χ0n) is 20.2. The molecular formula is C24H32N2O7S2. The van der Waals surface area contributed by atoms with Crippen molar-refractivity contribution < 1.29 is 31.1 Å². The lowest BCUT2D eigenvalue weighted by Crippen LogP contribution is -2.40. The number of ether oxygens (including phenoxy) is 2. The number of nitrogens with one attached hydrogen (secondary N) is 1. The second kappa shape index (κ2) is 11.5. The lowest BCUT2D eigenvalue weighted by atomic mass is 10.0. The molecule has 11 heteroatoms. The molecule has 0 spiro atoms. The van der Waals surface area contributed by atoms with Crippen molar-refractivity contribution in [3.8, 4) is 5.75 Å². The Morgan fingerprint density at radius 3 is 2.26 bits per heavy atom. The number of sulfone groups is 1. The van der Waals surface area contributed by atoms with E-state index in [4.69, 9.17) is 9.47 Å². The Kier molecular flexibility index (Phi) is 8.92. The fourth-order valence-electron chi connectivity index (χ4n) is 3.93. The SMILES string of the molecule is CCC(NC(=O)CCc1cc(S(=O)(=O)N2CCOCC2)ccc1OC)c1ccc(S(C)(=O)=O)cc1. The number of carbonyl (C=O) groups is 1. The van der Waals surface area contributed by atoms with Crippen LogP contribution in [-0.2, 0) is 35.8 Å². The van der Waals surface area contributed by atoms with E-state index < -0.39 is 19.9 Å². The molecule has 0 radical (unpaired) electrons. The second-order valence-electron chi connectivity index (χ2n) is 8.36. The molecule has 1 aliphatic heterocycles.